The van der Waals surface area contributed by atoms with Gasteiger partial charge in [0.2, 0.25) is 11.8 Å². The third kappa shape index (κ3) is 4.50. The van der Waals surface area contributed by atoms with Crippen LogP contribution < -0.4 is 0 Å². The van der Waals surface area contributed by atoms with E-state index in [0.717, 1.165) is 17.8 Å². The Labute approximate surface area is 178 Å². The molecular weight excluding hydrogens is 386 g/mol. The van der Waals surface area contributed by atoms with Gasteiger partial charge in [0.25, 0.3) is 0 Å². The highest BCUT2D eigenvalue weighted by molar-refractivity contribution is 6.30. The van der Waals surface area contributed by atoms with Gasteiger partial charge in [0.05, 0.1) is 6.04 Å². The van der Waals surface area contributed by atoms with E-state index in [1.54, 1.807) is 4.90 Å². The maximum atomic E-state index is 13.5. The summed E-state index contributed by atoms with van der Waals surface area (Å²) in [7, 11) is 0. The largest absolute Gasteiger partial charge is 0.348 e. The Morgan fingerprint density at radius 3 is 2.52 bits per heavy atom. The number of carbonyl (C=O) groups is 2. The van der Waals surface area contributed by atoms with E-state index in [1.807, 2.05) is 82.1 Å². The Balaban J connectivity index is 1.95. The van der Waals surface area contributed by atoms with Gasteiger partial charge in [0.15, 0.2) is 0 Å². The summed E-state index contributed by atoms with van der Waals surface area (Å²) in [6.07, 6.45) is 2.04. The quantitative estimate of drug-likeness (QED) is 0.744. The zero-order chi connectivity index (χ0) is 21.3. The Morgan fingerprint density at radius 1 is 1.17 bits per heavy atom. The van der Waals surface area contributed by atoms with Crippen molar-refractivity contribution in [2.45, 2.75) is 52.7 Å². The number of benzene rings is 1. The molecule has 0 N–H and O–H groups in total. The molecule has 1 atom stereocenters. The highest BCUT2D eigenvalue weighted by Crippen LogP contribution is 2.34. The molecule has 1 aromatic carbocycles. The van der Waals surface area contributed by atoms with Crippen molar-refractivity contribution < 1.29 is 9.59 Å². The number of amides is 2. The maximum Gasteiger partial charge on any atom is 0.243 e. The minimum atomic E-state index is -0.432. The Hall–Kier alpha value is -2.27. The summed E-state index contributed by atoms with van der Waals surface area (Å²) in [6, 6.07) is 11.5. The lowest BCUT2D eigenvalue weighted by Gasteiger charge is -2.41. The van der Waals surface area contributed by atoms with Crippen molar-refractivity contribution in [2.24, 2.45) is 5.92 Å². The van der Waals surface area contributed by atoms with Gasteiger partial charge in [-0.25, -0.2) is 0 Å². The molecule has 2 aromatic rings. The normalized spacial score (nSPS) is 16.7. The van der Waals surface area contributed by atoms with Gasteiger partial charge < -0.3 is 14.4 Å². The van der Waals surface area contributed by atoms with Crippen LogP contribution in [0.1, 0.15) is 51.9 Å². The van der Waals surface area contributed by atoms with Crippen molar-refractivity contribution in [1.82, 2.24) is 14.4 Å². The van der Waals surface area contributed by atoms with Crippen LogP contribution in [0.4, 0.5) is 0 Å². The number of hydrogen-bond acceptors (Lipinski definition) is 2. The van der Waals surface area contributed by atoms with Crippen LogP contribution in [-0.2, 0) is 16.1 Å². The topological polar surface area (TPSA) is 45.6 Å². The van der Waals surface area contributed by atoms with Crippen molar-refractivity contribution >= 4 is 23.4 Å². The number of halogens is 1. The minimum absolute atomic E-state index is 0.00876. The summed E-state index contributed by atoms with van der Waals surface area (Å²) in [5, 5.41) is 0.643. The molecule has 1 aromatic heterocycles. The number of rotatable bonds is 4. The first-order valence-corrected chi connectivity index (χ1v) is 10.5. The third-order valence-electron chi connectivity index (χ3n) is 5.39. The van der Waals surface area contributed by atoms with Crippen LogP contribution in [0.3, 0.4) is 0 Å². The zero-order valence-electron chi connectivity index (χ0n) is 17.9. The zero-order valence-corrected chi connectivity index (χ0v) is 18.6. The van der Waals surface area contributed by atoms with Crippen LogP contribution in [-0.4, -0.2) is 44.8 Å². The lowest BCUT2D eigenvalue weighted by atomic mass is 9.99. The fraction of sp³-hybridized carbons (Fsp3) is 0.478. The van der Waals surface area contributed by atoms with Gasteiger partial charge in [0, 0.05) is 41.5 Å². The first-order valence-electron chi connectivity index (χ1n) is 10.1. The van der Waals surface area contributed by atoms with Gasteiger partial charge in [-0.1, -0.05) is 37.6 Å². The van der Waals surface area contributed by atoms with Gasteiger partial charge in [-0.3, -0.25) is 9.59 Å². The predicted molar refractivity (Wildman–Crippen MR) is 116 cm³/mol. The van der Waals surface area contributed by atoms with E-state index < -0.39 is 5.54 Å². The molecule has 0 saturated carbocycles. The molecule has 3 rings (SSSR count). The number of nitrogens with zero attached hydrogens (tertiary/aromatic N) is 3. The van der Waals surface area contributed by atoms with Gasteiger partial charge in [-0.2, -0.15) is 0 Å². The van der Waals surface area contributed by atoms with Crippen molar-refractivity contribution in [3.63, 3.8) is 0 Å². The van der Waals surface area contributed by atoms with Crippen molar-refractivity contribution in [1.29, 1.82) is 0 Å². The Bertz CT molecular complexity index is 898. The molecule has 1 aliphatic rings. The molecule has 0 spiro atoms. The van der Waals surface area contributed by atoms with Crippen LogP contribution >= 0.6 is 11.6 Å². The van der Waals surface area contributed by atoms with Crippen LogP contribution in [0.25, 0.3) is 0 Å². The summed E-state index contributed by atoms with van der Waals surface area (Å²) in [6.45, 7) is 11.0. The van der Waals surface area contributed by atoms with E-state index in [2.05, 4.69) is 4.57 Å². The van der Waals surface area contributed by atoms with Gasteiger partial charge in [-0.15, -0.1) is 0 Å². The smallest absolute Gasteiger partial charge is 0.243 e. The Morgan fingerprint density at radius 2 is 1.90 bits per heavy atom. The molecule has 2 amide bonds. The molecule has 0 aliphatic carbocycles. The van der Waals surface area contributed by atoms with E-state index in [-0.39, 0.29) is 30.3 Å². The maximum absolute atomic E-state index is 13.5. The molecule has 1 aliphatic heterocycles. The fourth-order valence-electron chi connectivity index (χ4n) is 3.86. The minimum Gasteiger partial charge on any atom is -0.348 e. The fourth-order valence-corrected chi connectivity index (χ4v) is 4.06. The summed E-state index contributed by atoms with van der Waals surface area (Å²) in [5.74, 6) is -0.221. The van der Waals surface area contributed by atoms with E-state index in [0.29, 0.717) is 11.6 Å². The molecule has 29 heavy (non-hydrogen) atoms. The van der Waals surface area contributed by atoms with Gasteiger partial charge in [-0.05, 0) is 50.6 Å². The van der Waals surface area contributed by atoms with Crippen LogP contribution in [0.2, 0.25) is 5.02 Å². The monoisotopic (exact) mass is 415 g/mol. The average molecular weight is 416 g/mol. The van der Waals surface area contributed by atoms with Crippen molar-refractivity contribution in [3.8, 4) is 0 Å². The predicted octanol–water partition coefficient (Wildman–Crippen LogP) is 4.36. The van der Waals surface area contributed by atoms with E-state index in [9.17, 15) is 9.59 Å². The molecule has 0 radical (unpaired) electrons. The summed E-state index contributed by atoms with van der Waals surface area (Å²) in [4.78, 5) is 29.8. The van der Waals surface area contributed by atoms with Crippen LogP contribution in [0, 0.1) is 5.92 Å². The van der Waals surface area contributed by atoms with E-state index >= 15 is 0 Å². The molecule has 156 valence electrons. The average Bonchev–Trinajstić information content (AvgIpc) is 3.12. The lowest BCUT2D eigenvalue weighted by Crippen LogP contribution is -2.54. The molecule has 6 heteroatoms. The Kier molecular flexibility index (Phi) is 6.08. The van der Waals surface area contributed by atoms with Crippen LogP contribution in [0.15, 0.2) is 42.6 Å². The summed E-state index contributed by atoms with van der Waals surface area (Å²) in [5.41, 5.74) is 1.60. The molecule has 0 unspecified atom stereocenters. The van der Waals surface area contributed by atoms with Crippen molar-refractivity contribution in [3.05, 3.63) is 58.9 Å². The number of aromatic nitrogens is 1. The van der Waals surface area contributed by atoms with E-state index in [1.165, 1.54) is 0 Å². The molecule has 0 saturated heterocycles. The molecule has 2 heterocycles. The second-order valence-corrected chi connectivity index (χ2v) is 9.36. The summed E-state index contributed by atoms with van der Waals surface area (Å²) < 4.78 is 2.18. The highest BCUT2D eigenvalue weighted by atomic mass is 35.5. The number of hydrogen-bond donors (Lipinski definition) is 0. The second-order valence-electron chi connectivity index (χ2n) is 8.92. The highest BCUT2D eigenvalue weighted by Gasteiger charge is 2.36. The van der Waals surface area contributed by atoms with Gasteiger partial charge in [0.1, 0.15) is 6.54 Å². The summed E-state index contributed by atoms with van der Waals surface area (Å²) >= 11 is 6.25. The third-order valence-corrected chi connectivity index (χ3v) is 5.62. The number of carbonyl (C=O) groups excluding carboxylic acids is 2. The lowest BCUT2D eigenvalue weighted by molar-refractivity contribution is -0.148. The standard InChI is InChI=1S/C23H30ClN3O2/c1-16(2)22(29)27(23(3,4)5)15-20(28)26-13-12-25-11-7-10-19(25)21(26)17-8-6-9-18(24)14-17/h6-11,14,16,21H,12-13,15H2,1-5H3/t21-/m1/s1. The van der Waals surface area contributed by atoms with E-state index in [4.69, 9.17) is 11.6 Å². The molecule has 0 bridgehead atoms. The number of fused-ring (bicyclic) bond motifs is 1. The molecule has 5 nitrogen and oxygen atoms in total. The van der Waals surface area contributed by atoms with Gasteiger partial charge >= 0.3 is 0 Å². The SMILES string of the molecule is CC(C)C(=O)N(CC(=O)N1CCn2cccc2[C@H]1c1cccc(Cl)c1)C(C)(C)C. The first kappa shape index (κ1) is 21.4. The first-order chi connectivity index (χ1) is 13.6. The van der Waals surface area contributed by atoms with Crippen LogP contribution in [0.5, 0.6) is 0 Å². The van der Waals surface area contributed by atoms with Crippen molar-refractivity contribution in [2.75, 3.05) is 13.1 Å². The molecule has 0 fully saturated rings. The molecular formula is C23H30ClN3O2. The second kappa shape index (κ2) is 8.23.